The minimum absolute atomic E-state index is 1.37. The van der Waals surface area contributed by atoms with Crippen LogP contribution < -0.4 is 5.14 Å². The maximum atomic E-state index is 9.72. The van der Waals surface area contributed by atoms with E-state index in [0.717, 1.165) is 0 Å². The Labute approximate surface area is 42.6 Å². The molecule has 0 rings (SSSR count). The molecule has 0 aliphatic rings. The van der Waals surface area contributed by atoms with Gasteiger partial charge in [-0.3, -0.25) is 0 Å². The van der Waals surface area contributed by atoms with E-state index in [4.69, 9.17) is 5.14 Å². The number of sulfonamides is 1. The van der Waals surface area contributed by atoms with Crippen molar-refractivity contribution in [1.82, 2.24) is 5.14 Å². The average molecular weight is 118 g/mol. The van der Waals surface area contributed by atoms with Crippen LogP contribution in [-0.4, -0.2) is 8.42 Å². The van der Waals surface area contributed by atoms with Crippen LogP contribution in [0, 0.1) is 11.2 Å². The number of rotatable bonds is 0. The van der Waals surface area contributed by atoms with Gasteiger partial charge < -0.3 is 0 Å². The molecule has 1 radical (unpaired) electrons. The molecule has 0 atom stereocenters. The molecule has 0 saturated carbocycles. The van der Waals surface area contributed by atoms with Gasteiger partial charge in [-0.2, -0.15) is 8.42 Å². The highest BCUT2D eigenvalue weighted by atomic mass is 32.2. The third-order valence-electron chi connectivity index (χ3n) is 0.236. The molecule has 0 bridgehead atoms. The van der Waals surface area contributed by atoms with Gasteiger partial charge in [-0.15, -0.1) is 5.14 Å². The summed E-state index contributed by atoms with van der Waals surface area (Å²) in [6.07, 6.45) is 0. The second kappa shape index (κ2) is 1.96. The molecule has 0 unspecified atom stereocenters. The standard InChI is InChI=1S/C3H4NO2S/c1-2-3-7(4,5)6/h4H,1H3. The van der Waals surface area contributed by atoms with Crippen molar-refractivity contribution in [2.75, 3.05) is 0 Å². The lowest BCUT2D eigenvalue weighted by Gasteiger charge is -1.70. The van der Waals surface area contributed by atoms with Crippen molar-refractivity contribution in [2.45, 2.75) is 6.92 Å². The SMILES string of the molecule is CC#CS([NH])(=O)=O. The molecule has 0 heterocycles. The second-order valence-corrected chi connectivity index (χ2v) is 2.07. The minimum atomic E-state index is -3.79. The maximum absolute atomic E-state index is 9.72. The van der Waals surface area contributed by atoms with Crippen LogP contribution in [0.25, 0.3) is 0 Å². The van der Waals surface area contributed by atoms with Gasteiger partial charge >= 0.3 is 0 Å². The monoisotopic (exact) mass is 118 g/mol. The summed E-state index contributed by atoms with van der Waals surface area (Å²) < 4.78 is 19.4. The Morgan fingerprint density at radius 3 is 2.00 bits per heavy atom. The van der Waals surface area contributed by atoms with Crippen LogP contribution in [0.4, 0.5) is 0 Å². The molecule has 0 saturated heterocycles. The van der Waals surface area contributed by atoms with Gasteiger partial charge in [-0.25, -0.2) is 0 Å². The van der Waals surface area contributed by atoms with Gasteiger partial charge in [0.05, 0.1) is 0 Å². The Balaban J connectivity index is 4.34. The fourth-order valence-electron chi connectivity index (χ4n) is 0.134. The smallest absolute Gasteiger partial charge is 0.197 e. The van der Waals surface area contributed by atoms with Crippen molar-refractivity contribution in [3.8, 4) is 11.2 Å². The molecule has 39 valence electrons. The van der Waals surface area contributed by atoms with E-state index < -0.39 is 10.0 Å². The van der Waals surface area contributed by atoms with Crippen LogP contribution >= 0.6 is 0 Å². The van der Waals surface area contributed by atoms with Crippen molar-refractivity contribution in [3.05, 3.63) is 0 Å². The molecule has 0 aliphatic heterocycles. The summed E-state index contributed by atoms with van der Waals surface area (Å²) in [4.78, 5) is 0. The Kier molecular flexibility index (Phi) is 1.81. The molecule has 7 heavy (non-hydrogen) atoms. The maximum Gasteiger partial charge on any atom is 0.293 e. The third-order valence-corrected chi connectivity index (χ3v) is 0.709. The Morgan fingerprint density at radius 2 is 2.00 bits per heavy atom. The van der Waals surface area contributed by atoms with E-state index in [1.54, 1.807) is 5.25 Å². The molecule has 0 aromatic carbocycles. The third kappa shape index (κ3) is 5.47. The van der Waals surface area contributed by atoms with Crippen molar-refractivity contribution in [1.29, 1.82) is 0 Å². The van der Waals surface area contributed by atoms with Gasteiger partial charge in [-0.1, -0.05) is 5.92 Å². The van der Waals surface area contributed by atoms with Gasteiger partial charge in [0.15, 0.2) is 0 Å². The van der Waals surface area contributed by atoms with E-state index in [9.17, 15) is 8.42 Å². The van der Waals surface area contributed by atoms with E-state index in [0.29, 0.717) is 0 Å². The molecule has 0 spiro atoms. The Bertz CT molecular complexity index is 193. The van der Waals surface area contributed by atoms with E-state index in [1.807, 2.05) is 0 Å². The van der Waals surface area contributed by atoms with Gasteiger partial charge in [0.25, 0.3) is 10.0 Å². The first-order valence-corrected chi connectivity index (χ1v) is 2.97. The van der Waals surface area contributed by atoms with Gasteiger partial charge in [0.2, 0.25) is 0 Å². The zero-order valence-electron chi connectivity index (χ0n) is 3.72. The summed E-state index contributed by atoms with van der Waals surface area (Å²) in [5, 5.41) is 7.80. The van der Waals surface area contributed by atoms with Gasteiger partial charge in [0, 0.05) is 5.25 Å². The summed E-state index contributed by atoms with van der Waals surface area (Å²) in [6.45, 7) is 1.37. The highest BCUT2D eigenvalue weighted by Crippen LogP contribution is 1.69. The molecule has 0 aromatic rings. The molecule has 0 aliphatic carbocycles. The topological polar surface area (TPSA) is 57.9 Å². The second-order valence-electron chi connectivity index (χ2n) is 0.855. The lowest BCUT2D eigenvalue weighted by Crippen LogP contribution is -1.92. The molecule has 0 amide bonds. The molecule has 4 heteroatoms. The summed E-state index contributed by atoms with van der Waals surface area (Å²) in [7, 11) is -3.79. The lowest BCUT2D eigenvalue weighted by molar-refractivity contribution is 0.606. The first-order valence-electron chi connectivity index (χ1n) is 1.49. The Morgan fingerprint density at radius 1 is 1.57 bits per heavy atom. The van der Waals surface area contributed by atoms with Crippen LogP contribution in [0.3, 0.4) is 0 Å². The zero-order chi connectivity index (χ0) is 5.91. The highest BCUT2D eigenvalue weighted by molar-refractivity contribution is 7.93. The highest BCUT2D eigenvalue weighted by Gasteiger charge is 1.89. The van der Waals surface area contributed by atoms with Crippen LogP contribution in [0.15, 0.2) is 0 Å². The van der Waals surface area contributed by atoms with Gasteiger partial charge in [-0.05, 0) is 6.92 Å². The quantitative estimate of drug-likeness (QED) is 0.405. The summed E-state index contributed by atoms with van der Waals surface area (Å²) in [5.74, 6) is 2.08. The molecule has 1 N–H and O–H groups in total. The van der Waals surface area contributed by atoms with Crippen LogP contribution in [0.1, 0.15) is 6.92 Å². The van der Waals surface area contributed by atoms with E-state index in [-0.39, 0.29) is 0 Å². The van der Waals surface area contributed by atoms with Crippen molar-refractivity contribution in [3.63, 3.8) is 0 Å². The van der Waals surface area contributed by atoms with E-state index in [2.05, 4.69) is 5.92 Å². The number of hydrogen-bond acceptors (Lipinski definition) is 2. The van der Waals surface area contributed by atoms with Crippen molar-refractivity contribution < 1.29 is 8.42 Å². The summed E-state index contributed by atoms with van der Waals surface area (Å²) in [6, 6.07) is 0. The average Bonchev–Trinajstić information content (AvgIpc) is 1.30. The summed E-state index contributed by atoms with van der Waals surface area (Å²) >= 11 is 0. The van der Waals surface area contributed by atoms with Crippen LogP contribution in [0.2, 0.25) is 0 Å². The predicted molar refractivity (Wildman–Crippen MR) is 25.5 cm³/mol. The molecular formula is C3H4NO2S. The molecule has 0 fully saturated rings. The summed E-state index contributed by atoms with van der Waals surface area (Å²) in [5.41, 5.74) is 0. The lowest BCUT2D eigenvalue weighted by atomic mass is 10.9. The number of hydrogen-bond donors (Lipinski definition) is 0. The van der Waals surface area contributed by atoms with Gasteiger partial charge in [0.1, 0.15) is 0 Å². The fourth-order valence-corrected chi connectivity index (χ4v) is 0.403. The van der Waals surface area contributed by atoms with Crippen molar-refractivity contribution in [2.24, 2.45) is 0 Å². The molecular weight excluding hydrogens is 114 g/mol. The molecule has 0 aromatic heterocycles. The van der Waals surface area contributed by atoms with E-state index >= 15 is 0 Å². The van der Waals surface area contributed by atoms with E-state index in [1.165, 1.54) is 6.92 Å². The fraction of sp³-hybridized carbons (Fsp3) is 0.333. The first kappa shape index (κ1) is 6.47. The Hall–Kier alpha value is -0.530. The largest absolute Gasteiger partial charge is 0.293 e. The van der Waals surface area contributed by atoms with Crippen LogP contribution in [0.5, 0.6) is 0 Å². The minimum Gasteiger partial charge on any atom is -0.197 e. The molecule has 3 nitrogen and oxygen atoms in total. The predicted octanol–water partition coefficient (Wildman–Crippen LogP) is -0.420. The zero-order valence-corrected chi connectivity index (χ0v) is 4.54. The van der Waals surface area contributed by atoms with Crippen molar-refractivity contribution >= 4 is 10.0 Å². The normalized spacial score (nSPS) is 9.43. The first-order chi connectivity index (χ1) is 3.06. The number of nitrogens with one attached hydrogen (secondary N) is 1. The van der Waals surface area contributed by atoms with Crippen LogP contribution in [-0.2, 0) is 10.0 Å².